The molecule has 4 aromatic rings. The second kappa shape index (κ2) is 10.2. The van der Waals surface area contributed by atoms with Gasteiger partial charge in [0.2, 0.25) is 15.9 Å². The van der Waals surface area contributed by atoms with E-state index in [2.05, 4.69) is 19.1 Å². The number of aromatic nitrogens is 2. The standard InChI is InChI=1S/C32H32FN5O4S/c1-19-25-6-4-3-5-20(25)11-12-38(19)32(40)22-13-27(21-7-8-21)30-34-29(18-37(30)15-22)26-10-9-24(14-28(26)33)36-16-23(17-36)31(39)35-43(2,41)42/h3-6,9-10,13-15,18-19,21,23H,7-8,11-12,16-17H2,1-2H3,(H,35,39)/t19-/m1/s1. The molecule has 1 atom stereocenters. The van der Waals surface area contributed by atoms with Gasteiger partial charge < -0.3 is 14.2 Å². The van der Waals surface area contributed by atoms with Crippen LogP contribution in [0.25, 0.3) is 16.9 Å². The number of fused-ring (bicyclic) bond motifs is 2. The Hall–Kier alpha value is -4.25. The molecular formula is C32H32FN5O4S. The van der Waals surface area contributed by atoms with Crippen LogP contribution in [-0.4, -0.2) is 60.4 Å². The van der Waals surface area contributed by atoms with Gasteiger partial charge >= 0.3 is 0 Å². The molecule has 222 valence electrons. The summed E-state index contributed by atoms with van der Waals surface area (Å²) in [6.07, 6.45) is 7.41. The molecule has 2 fully saturated rings. The van der Waals surface area contributed by atoms with E-state index in [4.69, 9.17) is 4.98 Å². The quantitative estimate of drug-likeness (QED) is 0.354. The molecule has 43 heavy (non-hydrogen) atoms. The average Bonchev–Trinajstić information content (AvgIpc) is 3.69. The van der Waals surface area contributed by atoms with E-state index in [0.717, 1.165) is 36.7 Å². The van der Waals surface area contributed by atoms with Crippen LogP contribution in [0.4, 0.5) is 10.1 Å². The van der Waals surface area contributed by atoms with Gasteiger partial charge in [0, 0.05) is 43.3 Å². The predicted octanol–water partition coefficient (Wildman–Crippen LogP) is 4.29. The molecule has 9 nitrogen and oxygen atoms in total. The first-order valence-electron chi connectivity index (χ1n) is 14.5. The van der Waals surface area contributed by atoms with E-state index in [1.165, 1.54) is 17.2 Å². The molecule has 2 aromatic heterocycles. The molecule has 11 heteroatoms. The average molecular weight is 602 g/mol. The number of sulfonamides is 1. The molecule has 0 unspecified atom stereocenters. The van der Waals surface area contributed by atoms with E-state index >= 15 is 4.39 Å². The van der Waals surface area contributed by atoms with Crippen molar-refractivity contribution in [2.75, 3.05) is 30.8 Å². The number of carbonyl (C=O) groups is 2. The van der Waals surface area contributed by atoms with Gasteiger partial charge in [-0.2, -0.15) is 0 Å². The maximum atomic E-state index is 15.5. The molecule has 3 aliphatic rings. The molecule has 1 aliphatic carbocycles. The lowest BCUT2D eigenvalue weighted by Crippen LogP contribution is -2.54. The summed E-state index contributed by atoms with van der Waals surface area (Å²) in [4.78, 5) is 34.5. The Morgan fingerprint density at radius 2 is 1.79 bits per heavy atom. The first-order valence-corrected chi connectivity index (χ1v) is 16.4. The largest absolute Gasteiger partial charge is 0.370 e. The van der Waals surface area contributed by atoms with Crippen molar-refractivity contribution in [3.63, 3.8) is 0 Å². The fraction of sp³-hybridized carbons (Fsp3) is 0.344. The third-order valence-electron chi connectivity index (χ3n) is 8.83. The maximum absolute atomic E-state index is 15.5. The van der Waals surface area contributed by atoms with Gasteiger partial charge in [-0.3, -0.25) is 14.3 Å². The number of nitrogens with one attached hydrogen (secondary N) is 1. The van der Waals surface area contributed by atoms with Crippen molar-refractivity contribution in [1.82, 2.24) is 19.0 Å². The monoisotopic (exact) mass is 601 g/mol. The van der Waals surface area contributed by atoms with E-state index in [1.807, 2.05) is 37.1 Å². The number of hydrogen-bond donors (Lipinski definition) is 1. The van der Waals surface area contributed by atoms with Crippen LogP contribution in [0, 0.1) is 11.7 Å². The molecule has 0 radical (unpaired) electrons. The number of imidazole rings is 1. The normalized spacial score (nSPS) is 18.8. The Morgan fingerprint density at radius 1 is 1.02 bits per heavy atom. The molecule has 0 spiro atoms. The lowest BCUT2D eigenvalue weighted by Gasteiger charge is -2.39. The molecule has 1 saturated carbocycles. The van der Waals surface area contributed by atoms with Gasteiger partial charge in [0.25, 0.3) is 5.91 Å². The van der Waals surface area contributed by atoms with Crippen molar-refractivity contribution >= 4 is 33.2 Å². The molecule has 0 bridgehead atoms. The van der Waals surface area contributed by atoms with Gasteiger partial charge in [-0.1, -0.05) is 24.3 Å². The van der Waals surface area contributed by atoms with Gasteiger partial charge in [0.15, 0.2) is 0 Å². The zero-order valence-corrected chi connectivity index (χ0v) is 24.8. The number of hydrogen-bond acceptors (Lipinski definition) is 6. The van der Waals surface area contributed by atoms with Gasteiger partial charge in [0.05, 0.1) is 29.5 Å². The minimum absolute atomic E-state index is 0.0188. The Bertz CT molecular complexity index is 1890. The van der Waals surface area contributed by atoms with Crippen LogP contribution in [0.15, 0.2) is 60.9 Å². The lowest BCUT2D eigenvalue weighted by molar-refractivity contribution is -0.123. The van der Waals surface area contributed by atoms with Crippen LogP contribution in [0.3, 0.4) is 0 Å². The number of nitrogens with zero attached hydrogens (tertiary/aromatic N) is 4. The maximum Gasteiger partial charge on any atom is 0.255 e. The number of halogens is 1. The highest BCUT2D eigenvalue weighted by Crippen LogP contribution is 2.43. The number of anilines is 1. The Balaban J connectivity index is 1.14. The van der Waals surface area contributed by atoms with Gasteiger partial charge in [-0.15, -0.1) is 0 Å². The van der Waals surface area contributed by atoms with Crippen molar-refractivity contribution in [3.05, 3.63) is 89.0 Å². The minimum atomic E-state index is -3.62. The minimum Gasteiger partial charge on any atom is -0.370 e. The molecular weight excluding hydrogens is 569 g/mol. The molecule has 1 N–H and O–H groups in total. The van der Waals surface area contributed by atoms with Gasteiger partial charge in [-0.25, -0.2) is 17.8 Å². The third-order valence-corrected chi connectivity index (χ3v) is 9.40. The Labute approximate surface area is 249 Å². The summed E-state index contributed by atoms with van der Waals surface area (Å²) >= 11 is 0. The zero-order chi connectivity index (χ0) is 30.0. The molecule has 4 heterocycles. The smallest absolute Gasteiger partial charge is 0.255 e. The van der Waals surface area contributed by atoms with E-state index in [1.54, 1.807) is 24.5 Å². The number of carbonyl (C=O) groups excluding carboxylic acids is 2. The van der Waals surface area contributed by atoms with Gasteiger partial charge in [0.1, 0.15) is 11.5 Å². The summed E-state index contributed by atoms with van der Waals surface area (Å²) in [5.41, 5.74) is 6.24. The second-order valence-corrected chi connectivity index (χ2v) is 13.7. The van der Waals surface area contributed by atoms with Crippen molar-refractivity contribution < 1.29 is 22.4 Å². The molecule has 2 aliphatic heterocycles. The van der Waals surface area contributed by atoms with Crippen LogP contribution in [-0.2, 0) is 21.2 Å². The van der Waals surface area contributed by atoms with Crippen LogP contribution in [0.1, 0.15) is 58.8 Å². The second-order valence-electron chi connectivity index (χ2n) is 11.9. The first kappa shape index (κ1) is 27.6. The van der Waals surface area contributed by atoms with Crippen molar-refractivity contribution in [2.45, 2.75) is 38.1 Å². The van der Waals surface area contributed by atoms with E-state index in [9.17, 15) is 18.0 Å². The number of pyridine rings is 1. The fourth-order valence-corrected chi connectivity index (χ4v) is 6.84. The van der Waals surface area contributed by atoms with Gasteiger partial charge in [-0.05, 0) is 73.1 Å². The van der Waals surface area contributed by atoms with Crippen molar-refractivity contribution in [2.24, 2.45) is 5.92 Å². The number of amides is 2. The van der Waals surface area contributed by atoms with E-state index in [-0.39, 0.29) is 11.9 Å². The van der Waals surface area contributed by atoms with Crippen LogP contribution >= 0.6 is 0 Å². The summed E-state index contributed by atoms with van der Waals surface area (Å²) in [6.45, 7) is 3.33. The topological polar surface area (TPSA) is 104 Å². The summed E-state index contributed by atoms with van der Waals surface area (Å²) < 4.78 is 42.0. The highest BCUT2D eigenvalue weighted by molar-refractivity contribution is 7.89. The number of rotatable bonds is 6. The zero-order valence-electron chi connectivity index (χ0n) is 24.0. The summed E-state index contributed by atoms with van der Waals surface area (Å²) in [5.74, 6) is -1.16. The summed E-state index contributed by atoms with van der Waals surface area (Å²) in [7, 11) is -3.62. The fourth-order valence-electron chi connectivity index (χ4n) is 6.31. The molecule has 1 saturated heterocycles. The van der Waals surface area contributed by atoms with Crippen molar-refractivity contribution in [3.8, 4) is 11.3 Å². The first-order chi connectivity index (χ1) is 20.6. The van der Waals surface area contributed by atoms with Crippen LogP contribution < -0.4 is 9.62 Å². The number of benzene rings is 2. The van der Waals surface area contributed by atoms with Crippen molar-refractivity contribution in [1.29, 1.82) is 0 Å². The molecule has 7 rings (SSSR count). The molecule has 2 aromatic carbocycles. The Morgan fingerprint density at radius 3 is 2.51 bits per heavy atom. The SMILES string of the molecule is C[C@@H]1c2ccccc2CCN1C(=O)c1cc(C2CC2)c2nc(-c3ccc(N4CC(C(=O)NS(C)(=O)=O)C4)cc3F)cn2c1. The highest BCUT2D eigenvalue weighted by Gasteiger charge is 2.35. The van der Waals surface area contributed by atoms with Crippen LogP contribution in [0.5, 0.6) is 0 Å². The molecule has 2 amide bonds. The highest BCUT2D eigenvalue weighted by atomic mass is 32.2. The third kappa shape index (κ3) is 5.15. The van der Waals surface area contributed by atoms with Crippen LogP contribution in [0.2, 0.25) is 0 Å². The summed E-state index contributed by atoms with van der Waals surface area (Å²) in [6, 6.07) is 15.1. The van der Waals surface area contributed by atoms with E-state index in [0.29, 0.717) is 48.1 Å². The Kier molecular flexibility index (Phi) is 6.53. The predicted molar refractivity (Wildman–Crippen MR) is 161 cm³/mol. The van der Waals surface area contributed by atoms with E-state index < -0.39 is 27.7 Å². The summed E-state index contributed by atoms with van der Waals surface area (Å²) in [5, 5.41) is 0. The lowest BCUT2D eigenvalue weighted by atomic mass is 9.93.